The Balaban J connectivity index is 2.46. The van der Waals surface area contributed by atoms with Crippen molar-refractivity contribution in [1.82, 2.24) is 0 Å². The fraction of sp³-hybridized carbons (Fsp3) is 0.368. The van der Waals surface area contributed by atoms with E-state index in [0.717, 1.165) is 18.6 Å². The second-order valence-electron chi connectivity index (χ2n) is 5.07. The largest absolute Gasteiger partial charge is 0.494 e. The quantitative estimate of drug-likeness (QED) is 0.610. The van der Waals surface area contributed by atoms with E-state index in [9.17, 15) is 0 Å². The second kappa shape index (κ2) is 7.65. The lowest BCUT2D eigenvalue weighted by molar-refractivity contribution is 0.337. The van der Waals surface area contributed by atoms with Crippen molar-refractivity contribution >= 4 is 15.9 Å². The van der Waals surface area contributed by atoms with Crippen molar-refractivity contribution in [2.45, 2.75) is 38.4 Å². The SMILES string of the molecule is CCOc1ccccc1C(Br)c1cc(CC)ccc1CC. The zero-order chi connectivity index (χ0) is 15.2. The molecule has 0 bridgehead atoms. The first-order valence-corrected chi connectivity index (χ1v) is 8.60. The minimum Gasteiger partial charge on any atom is -0.494 e. The van der Waals surface area contributed by atoms with Crippen LogP contribution in [0, 0.1) is 0 Å². The highest BCUT2D eigenvalue weighted by molar-refractivity contribution is 9.09. The number of ether oxygens (including phenoxy) is 1. The smallest absolute Gasteiger partial charge is 0.123 e. The Bertz CT molecular complexity index is 592. The van der Waals surface area contributed by atoms with E-state index in [4.69, 9.17) is 4.74 Å². The molecule has 0 N–H and O–H groups in total. The number of hydrogen-bond acceptors (Lipinski definition) is 1. The predicted octanol–water partition coefficient (Wildman–Crippen LogP) is 5.69. The Morgan fingerprint density at radius 2 is 1.71 bits per heavy atom. The average molecular weight is 347 g/mol. The molecule has 112 valence electrons. The number of benzene rings is 2. The molecule has 1 unspecified atom stereocenters. The van der Waals surface area contributed by atoms with Crippen LogP contribution in [0.1, 0.15) is 47.9 Å². The van der Waals surface area contributed by atoms with Gasteiger partial charge in [-0.3, -0.25) is 0 Å². The van der Waals surface area contributed by atoms with Gasteiger partial charge in [-0.25, -0.2) is 0 Å². The molecule has 0 saturated heterocycles. The van der Waals surface area contributed by atoms with Gasteiger partial charge in [-0.05, 0) is 42.5 Å². The summed E-state index contributed by atoms with van der Waals surface area (Å²) in [6, 6.07) is 15.1. The van der Waals surface area contributed by atoms with Crippen molar-refractivity contribution in [2.75, 3.05) is 6.61 Å². The fourth-order valence-electron chi connectivity index (χ4n) is 2.57. The first kappa shape index (κ1) is 16.1. The van der Waals surface area contributed by atoms with Crippen molar-refractivity contribution < 1.29 is 4.74 Å². The van der Waals surface area contributed by atoms with Gasteiger partial charge >= 0.3 is 0 Å². The lowest BCUT2D eigenvalue weighted by atomic mass is 9.95. The molecule has 2 aromatic rings. The van der Waals surface area contributed by atoms with Gasteiger partial charge in [-0.2, -0.15) is 0 Å². The van der Waals surface area contributed by atoms with E-state index in [0.29, 0.717) is 6.61 Å². The monoisotopic (exact) mass is 346 g/mol. The van der Waals surface area contributed by atoms with Crippen LogP contribution in [0.25, 0.3) is 0 Å². The molecular formula is C19H23BrO. The lowest BCUT2D eigenvalue weighted by Crippen LogP contribution is -2.03. The number of para-hydroxylation sites is 1. The van der Waals surface area contributed by atoms with Crippen LogP contribution in [0.2, 0.25) is 0 Å². The van der Waals surface area contributed by atoms with E-state index in [1.54, 1.807) is 0 Å². The van der Waals surface area contributed by atoms with Crippen molar-refractivity contribution in [1.29, 1.82) is 0 Å². The summed E-state index contributed by atoms with van der Waals surface area (Å²) >= 11 is 3.89. The number of alkyl halides is 1. The molecule has 0 radical (unpaired) electrons. The van der Waals surface area contributed by atoms with Gasteiger partial charge < -0.3 is 4.74 Å². The minimum absolute atomic E-state index is 0.168. The summed E-state index contributed by atoms with van der Waals surface area (Å²) in [6.45, 7) is 7.11. The third-order valence-corrected chi connectivity index (χ3v) is 4.75. The molecule has 0 amide bonds. The molecule has 0 aliphatic rings. The van der Waals surface area contributed by atoms with Crippen molar-refractivity contribution in [3.05, 3.63) is 64.7 Å². The maximum absolute atomic E-state index is 5.78. The van der Waals surface area contributed by atoms with Crippen molar-refractivity contribution in [3.8, 4) is 5.75 Å². The van der Waals surface area contributed by atoms with E-state index in [2.05, 4.69) is 60.1 Å². The van der Waals surface area contributed by atoms with Gasteiger partial charge in [0.2, 0.25) is 0 Å². The highest BCUT2D eigenvalue weighted by Crippen LogP contribution is 2.38. The number of hydrogen-bond donors (Lipinski definition) is 0. The molecule has 1 atom stereocenters. The normalized spacial score (nSPS) is 12.2. The third-order valence-electron chi connectivity index (χ3n) is 3.76. The molecule has 2 rings (SSSR count). The summed E-state index contributed by atoms with van der Waals surface area (Å²) in [7, 11) is 0. The van der Waals surface area contributed by atoms with Crippen LogP contribution in [0.15, 0.2) is 42.5 Å². The lowest BCUT2D eigenvalue weighted by Gasteiger charge is -2.19. The van der Waals surface area contributed by atoms with E-state index in [1.807, 2.05) is 19.1 Å². The first-order chi connectivity index (χ1) is 10.2. The molecule has 0 aliphatic heterocycles. The third kappa shape index (κ3) is 3.68. The molecule has 0 aliphatic carbocycles. The maximum Gasteiger partial charge on any atom is 0.123 e. The molecule has 2 heteroatoms. The van der Waals surface area contributed by atoms with Crippen LogP contribution < -0.4 is 4.74 Å². The molecule has 0 aromatic heterocycles. The Morgan fingerprint density at radius 3 is 2.38 bits per heavy atom. The molecule has 0 spiro atoms. The van der Waals surface area contributed by atoms with Crippen LogP contribution in [-0.2, 0) is 12.8 Å². The Kier molecular flexibility index (Phi) is 5.86. The van der Waals surface area contributed by atoms with E-state index >= 15 is 0 Å². The van der Waals surface area contributed by atoms with Crippen LogP contribution in [0.5, 0.6) is 5.75 Å². The topological polar surface area (TPSA) is 9.23 Å². The van der Waals surface area contributed by atoms with Crippen LogP contribution in [-0.4, -0.2) is 6.61 Å². The van der Waals surface area contributed by atoms with Crippen molar-refractivity contribution in [3.63, 3.8) is 0 Å². The number of halogens is 1. The summed E-state index contributed by atoms with van der Waals surface area (Å²) in [5.74, 6) is 0.964. The summed E-state index contributed by atoms with van der Waals surface area (Å²) < 4.78 is 5.78. The van der Waals surface area contributed by atoms with E-state index < -0.39 is 0 Å². The van der Waals surface area contributed by atoms with E-state index in [-0.39, 0.29) is 4.83 Å². The maximum atomic E-state index is 5.78. The minimum atomic E-state index is 0.168. The summed E-state index contributed by atoms with van der Waals surface area (Å²) in [4.78, 5) is 0.168. The highest BCUT2D eigenvalue weighted by atomic mass is 79.9. The van der Waals surface area contributed by atoms with Gasteiger partial charge in [0.15, 0.2) is 0 Å². The molecular weight excluding hydrogens is 324 g/mol. The Hall–Kier alpha value is -1.28. The van der Waals surface area contributed by atoms with Gasteiger partial charge in [0.05, 0.1) is 11.4 Å². The Labute approximate surface area is 136 Å². The zero-order valence-corrected chi connectivity index (χ0v) is 14.6. The molecule has 0 saturated carbocycles. The number of aryl methyl sites for hydroxylation is 2. The van der Waals surface area contributed by atoms with Crippen LogP contribution in [0.3, 0.4) is 0 Å². The van der Waals surface area contributed by atoms with Crippen LogP contribution in [0.4, 0.5) is 0 Å². The summed E-state index contributed by atoms with van der Waals surface area (Å²) in [6.07, 6.45) is 2.10. The van der Waals surface area contributed by atoms with Gasteiger partial charge in [0.25, 0.3) is 0 Å². The zero-order valence-electron chi connectivity index (χ0n) is 13.0. The van der Waals surface area contributed by atoms with Gasteiger partial charge in [0.1, 0.15) is 5.75 Å². The van der Waals surface area contributed by atoms with Gasteiger partial charge in [-0.15, -0.1) is 0 Å². The van der Waals surface area contributed by atoms with Crippen molar-refractivity contribution in [2.24, 2.45) is 0 Å². The number of rotatable bonds is 6. The van der Waals surface area contributed by atoms with Gasteiger partial charge in [-0.1, -0.05) is 66.2 Å². The predicted molar refractivity (Wildman–Crippen MR) is 93.6 cm³/mol. The molecule has 21 heavy (non-hydrogen) atoms. The summed E-state index contributed by atoms with van der Waals surface area (Å²) in [5, 5.41) is 0. The molecule has 2 aromatic carbocycles. The highest BCUT2D eigenvalue weighted by Gasteiger charge is 2.18. The molecule has 0 heterocycles. The second-order valence-corrected chi connectivity index (χ2v) is 5.99. The fourth-order valence-corrected chi connectivity index (χ4v) is 3.37. The van der Waals surface area contributed by atoms with E-state index in [1.165, 1.54) is 22.3 Å². The van der Waals surface area contributed by atoms with Crippen LogP contribution >= 0.6 is 15.9 Å². The molecule has 0 fully saturated rings. The molecule has 1 nitrogen and oxygen atoms in total. The average Bonchev–Trinajstić information content (AvgIpc) is 2.54. The Morgan fingerprint density at radius 1 is 0.952 bits per heavy atom. The standard InChI is InChI=1S/C19H23BrO/c1-4-14-11-12-15(5-2)17(13-14)19(20)16-9-7-8-10-18(16)21-6-3/h7-13,19H,4-6H2,1-3H3. The first-order valence-electron chi connectivity index (χ1n) is 7.68. The summed E-state index contributed by atoms with van der Waals surface area (Å²) in [5.41, 5.74) is 5.31. The van der Waals surface area contributed by atoms with Gasteiger partial charge in [0, 0.05) is 5.56 Å².